The van der Waals surface area contributed by atoms with E-state index in [0.29, 0.717) is 11.5 Å². The molecule has 1 aromatic carbocycles. The van der Waals surface area contributed by atoms with Crippen molar-refractivity contribution in [2.24, 2.45) is 0 Å². The molecule has 3 N–H and O–H groups in total. The number of hydrogen-bond donors (Lipinski definition) is 3. The fourth-order valence-electron chi connectivity index (χ4n) is 1.91. The molecule has 0 saturated heterocycles. The first kappa shape index (κ1) is 19.8. The Hall–Kier alpha value is -3.21. The van der Waals surface area contributed by atoms with Crippen molar-refractivity contribution in [1.82, 2.24) is 10.6 Å². The number of amides is 1. The van der Waals surface area contributed by atoms with Gasteiger partial charge in [-0.15, -0.1) is 0 Å². The molecule has 1 rings (SSSR count). The Morgan fingerprint density at radius 1 is 1.24 bits per heavy atom. The van der Waals surface area contributed by atoms with Crippen LogP contribution in [0.3, 0.4) is 0 Å². The van der Waals surface area contributed by atoms with Crippen LogP contribution in [-0.4, -0.2) is 37.2 Å². The second kappa shape index (κ2) is 9.17. The van der Waals surface area contributed by atoms with Gasteiger partial charge in [-0.3, -0.25) is 9.59 Å². The Kier molecular flexibility index (Phi) is 7.28. The van der Waals surface area contributed by atoms with Crippen molar-refractivity contribution in [2.75, 3.05) is 14.2 Å². The summed E-state index contributed by atoms with van der Waals surface area (Å²) in [5.74, 6) is -0.790. The van der Waals surface area contributed by atoms with E-state index in [9.17, 15) is 9.59 Å². The van der Waals surface area contributed by atoms with Gasteiger partial charge in [0.1, 0.15) is 17.7 Å². The van der Waals surface area contributed by atoms with Gasteiger partial charge in [-0.25, -0.2) is 0 Å². The van der Waals surface area contributed by atoms with Crippen molar-refractivity contribution in [1.29, 1.82) is 5.26 Å². The highest BCUT2D eigenvalue weighted by Crippen LogP contribution is 2.29. The van der Waals surface area contributed by atoms with E-state index in [4.69, 9.17) is 19.8 Å². The molecule has 0 fully saturated rings. The molecule has 1 amide bonds. The number of methoxy groups -OCH3 is 2. The Balaban J connectivity index is 2.86. The number of rotatable bonds is 8. The van der Waals surface area contributed by atoms with Crippen LogP contribution in [0, 0.1) is 11.3 Å². The summed E-state index contributed by atoms with van der Waals surface area (Å²) >= 11 is 0. The van der Waals surface area contributed by atoms with Crippen LogP contribution < -0.4 is 20.1 Å². The number of carboxylic acid groups (broad SMARTS) is 1. The van der Waals surface area contributed by atoms with Crippen LogP contribution in [0.2, 0.25) is 0 Å². The Morgan fingerprint density at radius 3 is 2.40 bits per heavy atom. The third-order valence-corrected chi connectivity index (χ3v) is 3.47. The molecular formula is C17H21N3O5. The standard InChI is InChI=1S/C17H21N3O5/c1-10(12-5-6-14(24-3)15(7-12)25-4)19-9-13(8-18)16(21)20-11(2)17(22)23/h5-7,9-11,19H,1-4H3,(H,20,21)(H,22,23)/b13-9-. The molecule has 0 spiro atoms. The Morgan fingerprint density at radius 2 is 1.88 bits per heavy atom. The topological polar surface area (TPSA) is 121 Å². The zero-order valence-electron chi connectivity index (χ0n) is 14.5. The summed E-state index contributed by atoms with van der Waals surface area (Å²) in [5, 5.41) is 23.0. The van der Waals surface area contributed by atoms with Crippen LogP contribution in [0.15, 0.2) is 30.0 Å². The van der Waals surface area contributed by atoms with Crippen molar-refractivity contribution in [2.45, 2.75) is 25.9 Å². The fraction of sp³-hybridized carbons (Fsp3) is 0.353. The maximum absolute atomic E-state index is 11.9. The first-order valence-corrected chi connectivity index (χ1v) is 7.45. The van der Waals surface area contributed by atoms with Gasteiger partial charge in [-0.2, -0.15) is 5.26 Å². The third kappa shape index (κ3) is 5.42. The Labute approximate surface area is 146 Å². The average molecular weight is 347 g/mol. The lowest BCUT2D eigenvalue weighted by Crippen LogP contribution is -2.39. The van der Waals surface area contributed by atoms with E-state index in [2.05, 4.69) is 10.6 Å². The molecule has 25 heavy (non-hydrogen) atoms. The second-order valence-corrected chi connectivity index (χ2v) is 5.21. The van der Waals surface area contributed by atoms with Crippen LogP contribution in [-0.2, 0) is 9.59 Å². The molecular weight excluding hydrogens is 326 g/mol. The van der Waals surface area contributed by atoms with Gasteiger partial charge >= 0.3 is 5.97 Å². The molecule has 0 heterocycles. The number of carboxylic acids is 1. The lowest BCUT2D eigenvalue weighted by Gasteiger charge is -2.16. The van der Waals surface area contributed by atoms with Crippen LogP contribution in [0.4, 0.5) is 0 Å². The number of carbonyl (C=O) groups excluding carboxylic acids is 1. The first-order chi connectivity index (χ1) is 11.8. The van der Waals surface area contributed by atoms with Gasteiger partial charge in [0.05, 0.1) is 14.2 Å². The predicted molar refractivity (Wildman–Crippen MR) is 90.0 cm³/mol. The minimum Gasteiger partial charge on any atom is -0.493 e. The van der Waals surface area contributed by atoms with Gasteiger partial charge in [0.2, 0.25) is 0 Å². The third-order valence-electron chi connectivity index (χ3n) is 3.47. The number of benzene rings is 1. The monoisotopic (exact) mass is 347 g/mol. The zero-order valence-corrected chi connectivity index (χ0v) is 14.5. The molecule has 8 nitrogen and oxygen atoms in total. The van der Waals surface area contributed by atoms with Crippen LogP contribution in [0.1, 0.15) is 25.5 Å². The molecule has 0 bridgehead atoms. The van der Waals surface area contributed by atoms with E-state index < -0.39 is 17.9 Å². The molecule has 0 aliphatic carbocycles. The number of aliphatic carboxylic acids is 1. The molecule has 8 heteroatoms. The molecule has 0 aliphatic rings. The molecule has 1 aromatic rings. The summed E-state index contributed by atoms with van der Waals surface area (Å²) < 4.78 is 10.4. The fourth-order valence-corrected chi connectivity index (χ4v) is 1.91. The van der Waals surface area contributed by atoms with Gasteiger partial charge in [0, 0.05) is 12.2 Å². The van der Waals surface area contributed by atoms with Gasteiger partial charge in [0.25, 0.3) is 5.91 Å². The molecule has 0 radical (unpaired) electrons. The second-order valence-electron chi connectivity index (χ2n) is 5.21. The molecule has 134 valence electrons. The summed E-state index contributed by atoms with van der Waals surface area (Å²) in [6, 6.07) is 5.78. The number of nitrogens with zero attached hydrogens (tertiary/aromatic N) is 1. The highest BCUT2D eigenvalue weighted by atomic mass is 16.5. The number of ether oxygens (including phenoxy) is 2. The highest BCUT2D eigenvalue weighted by Gasteiger charge is 2.17. The minimum atomic E-state index is -1.18. The number of nitriles is 1. The molecule has 0 saturated carbocycles. The summed E-state index contributed by atoms with van der Waals surface area (Å²) in [6.45, 7) is 3.15. The quantitative estimate of drug-likeness (QED) is 0.479. The average Bonchev–Trinajstić information content (AvgIpc) is 2.61. The highest BCUT2D eigenvalue weighted by molar-refractivity contribution is 5.99. The van der Waals surface area contributed by atoms with E-state index in [1.54, 1.807) is 18.2 Å². The normalized spacial score (nSPS) is 13.2. The summed E-state index contributed by atoms with van der Waals surface area (Å²) in [6.07, 6.45) is 1.26. The van der Waals surface area contributed by atoms with Gasteiger partial charge in [-0.05, 0) is 31.5 Å². The summed E-state index contributed by atoms with van der Waals surface area (Å²) in [5.41, 5.74) is 0.630. The van der Waals surface area contributed by atoms with Crippen LogP contribution in [0.5, 0.6) is 11.5 Å². The van der Waals surface area contributed by atoms with Crippen LogP contribution >= 0.6 is 0 Å². The van der Waals surface area contributed by atoms with E-state index in [0.717, 1.165) is 5.56 Å². The van der Waals surface area contributed by atoms with E-state index in [-0.39, 0.29) is 11.6 Å². The first-order valence-electron chi connectivity index (χ1n) is 7.45. The summed E-state index contributed by atoms with van der Waals surface area (Å²) in [4.78, 5) is 22.6. The van der Waals surface area contributed by atoms with Crippen molar-refractivity contribution < 1.29 is 24.2 Å². The van der Waals surface area contributed by atoms with Crippen molar-refractivity contribution in [3.8, 4) is 17.6 Å². The Bertz CT molecular complexity index is 709. The smallest absolute Gasteiger partial charge is 0.325 e. The zero-order chi connectivity index (χ0) is 19.0. The van der Waals surface area contributed by atoms with E-state index in [1.807, 2.05) is 13.0 Å². The molecule has 2 atom stereocenters. The maximum atomic E-state index is 11.9. The number of hydrogen-bond acceptors (Lipinski definition) is 6. The lowest BCUT2D eigenvalue weighted by molar-refractivity contribution is -0.140. The van der Waals surface area contributed by atoms with E-state index in [1.165, 1.54) is 27.3 Å². The van der Waals surface area contributed by atoms with Crippen molar-refractivity contribution in [3.63, 3.8) is 0 Å². The molecule has 0 aliphatic heterocycles. The number of carbonyl (C=O) groups is 2. The number of nitrogens with one attached hydrogen (secondary N) is 2. The lowest BCUT2D eigenvalue weighted by atomic mass is 10.1. The van der Waals surface area contributed by atoms with Crippen molar-refractivity contribution >= 4 is 11.9 Å². The van der Waals surface area contributed by atoms with Crippen LogP contribution in [0.25, 0.3) is 0 Å². The molecule has 0 aromatic heterocycles. The minimum absolute atomic E-state index is 0.222. The molecule has 2 unspecified atom stereocenters. The maximum Gasteiger partial charge on any atom is 0.325 e. The van der Waals surface area contributed by atoms with Gasteiger partial charge < -0.3 is 25.2 Å². The van der Waals surface area contributed by atoms with Crippen molar-refractivity contribution in [3.05, 3.63) is 35.5 Å². The van der Waals surface area contributed by atoms with E-state index >= 15 is 0 Å². The predicted octanol–water partition coefficient (Wildman–Crippen LogP) is 1.35. The van der Waals surface area contributed by atoms with Gasteiger partial charge in [-0.1, -0.05) is 6.07 Å². The SMILES string of the molecule is COc1ccc(C(C)N/C=C(/C#N)C(=O)NC(C)C(=O)O)cc1OC. The largest absolute Gasteiger partial charge is 0.493 e. The summed E-state index contributed by atoms with van der Waals surface area (Å²) in [7, 11) is 3.07. The van der Waals surface area contributed by atoms with Gasteiger partial charge in [0.15, 0.2) is 11.5 Å².